The standard InChI is InChI=1S/C13H9F3N2O3/c14-13(15,16)21-10-5-3-9(4-6-10)18-12(19)20-11-2-1-7-17-8-11/h1-8H,(H,18,19). The first kappa shape index (κ1) is 14.6. The van der Waals surface area contributed by atoms with Gasteiger partial charge in [0.25, 0.3) is 0 Å². The van der Waals surface area contributed by atoms with E-state index in [2.05, 4.69) is 15.0 Å². The average molecular weight is 298 g/mol. The van der Waals surface area contributed by atoms with Gasteiger partial charge in [0, 0.05) is 11.9 Å². The molecule has 0 saturated carbocycles. The Morgan fingerprint density at radius 3 is 2.38 bits per heavy atom. The van der Waals surface area contributed by atoms with Crippen molar-refractivity contribution in [1.29, 1.82) is 0 Å². The molecule has 0 fully saturated rings. The van der Waals surface area contributed by atoms with Crippen LogP contribution >= 0.6 is 0 Å². The van der Waals surface area contributed by atoms with E-state index in [1.807, 2.05) is 0 Å². The summed E-state index contributed by atoms with van der Waals surface area (Å²) in [4.78, 5) is 15.3. The number of aromatic nitrogens is 1. The highest BCUT2D eigenvalue weighted by Crippen LogP contribution is 2.24. The second kappa shape index (κ2) is 6.12. The predicted molar refractivity (Wildman–Crippen MR) is 67.0 cm³/mol. The lowest BCUT2D eigenvalue weighted by Gasteiger charge is -2.10. The second-order valence-corrected chi connectivity index (χ2v) is 3.78. The van der Waals surface area contributed by atoms with E-state index in [4.69, 9.17) is 4.74 Å². The van der Waals surface area contributed by atoms with Gasteiger partial charge in [-0.3, -0.25) is 10.3 Å². The summed E-state index contributed by atoms with van der Waals surface area (Å²) >= 11 is 0. The molecule has 5 nitrogen and oxygen atoms in total. The SMILES string of the molecule is O=C(Nc1ccc(OC(F)(F)F)cc1)Oc1cccnc1. The van der Waals surface area contributed by atoms with Gasteiger partial charge in [-0.1, -0.05) is 0 Å². The fraction of sp³-hybridized carbons (Fsp3) is 0.0769. The van der Waals surface area contributed by atoms with Crippen molar-refractivity contribution in [3.8, 4) is 11.5 Å². The molecule has 8 heteroatoms. The summed E-state index contributed by atoms with van der Waals surface area (Å²) in [6, 6.07) is 7.79. The molecule has 0 saturated heterocycles. The molecule has 0 atom stereocenters. The molecule has 0 aliphatic carbocycles. The Balaban J connectivity index is 1.92. The van der Waals surface area contributed by atoms with Gasteiger partial charge in [0.1, 0.15) is 5.75 Å². The third-order valence-electron chi connectivity index (χ3n) is 2.18. The highest BCUT2D eigenvalue weighted by Gasteiger charge is 2.30. The van der Waals surface area contributed by atoms with E-state index >= 15 is 0 Å². The highest BCUT2D eigenvalue weighted by atomic mass is 19.4. The van der Waals surface area contributed by atoms with Gasteiger partial charge in [-0.2, -0.15) is 0 Å². The van der Waals surface area contributed by atoms with E-state index in [1.54, 1.807) is 6.07 Å². The molecule has 0 aliphatic rings. The number of hydrogen-bond acceptors (Lipinski definition) is 4. The zero-order chi connectivity index (χ0) is 15.3. The van der Waals surface area contributed by atoms with Crippen LogP contribution in [-0.2, 0) is 0 Å². The van der Waals surface area contributed by atoms with Crippen molar-refractivity contribution < 1.29 is 27.4 Å². The number of amides is 1. The minimum absolute atomic E-state index is 0.243. The van der Waals surface area contributed by atoms with Gasteiger partial charge >= 0.3 is 12.5 Å². The summed E-state index contributed by atoms with van der Waals surface area (Å²) in [5.74, 6) is -0.138. The monoisotopic (exact) mass is 298 g/mol. The Kier molecular flexibility index (Phi) is 4.27. The van der Waals surface area contributed by atoms with Crippen molar-refractivity contribution in [3.63, 3.8) is 0 Å². The van der Waals surface area contributed by atoms with Gasteiger partial charge in [0.15, 0.2) is 5.75 Å². The molecule has 0 unspecified atom stereocenters. The predicted octanol–water partition coefficient (Wildman–Crippen LogP) is 3.59. The van der Waals surface area contributed by atoms with Crippen molar-refractivity contribution in [2.24, 2.45) is 0 Å². The van der Waals surface area contributed by atoms with Gasteiger partial charge in [-0.15, -0.1) is 13.2 Å². The van der Waals surface area contributed by atoms with Crippen LogP contribution in [0.5, 0.6) is 11.5 Å². The highest BCUT2D eigenvalue weighted by molar-refractivity contribution is 5.86. The molecule has 1 aromatic carbocycles. The number of alkyl halides is 3. The van der Waals surface area contributed by atoms with Gasteiger partial charge < -0.3 is 9.47 Å². The van der Waals surface area contributed by atoms with Crippen LogP contribution in [0.15, 0.2) is 48.8 Å². The summed E-state index contributed by atoms with van der Waals surface area (Å²) in [5.41, 5.74) is 0.262. The van der Waals surface area contributed by atoms with Crippen LogP contribution in [0.4, 0.5) is 23.7 Å². The molecule has 1 heterocycles. The Hall–Kier alpha value is -2.77. The number of carbonyl (C=O) groups is 1. The Morgan fingerprint density at radius 1 is 1.10 bits per heavy atom. The minimum atomic E-state index is -4.76. The van der Waals surface area contributed by atoms with Crippen LogP contribution in [0.2, 0.25) is 0 Å². The van der Waals surface area contributed by atoms with Gasteiger partial charge in [-0.05, 0) is 36.4 Å². The van der Waals surface area contributed by atoms with Crippen LogP contribution in [0.3, 0.4) is 0 Å². The Bertz CT molecular complexity index is 600. The zero-order valence-electron chi connectivity index (χ0n) is 10.4. The van der Waals surface area contributed by atoms with E-state index in [1.165, 1.54) is 30.6 Å². The average Bonchev–Trinajstić information content (AvgIpc) is 2.40. The van der Waals surface area contributed by atoms with Crippen molar-refractivity contribution in [2.45, 2.75) is 6.36 Å². The van der Waals surface area contributed by atoms with Crippen molar-refractivity contribution in [1.82, 2.24) is 4.98 Å². The van der Waals surface area contributed by atoms with Crippen LogP contribution in [0.25, 0.3) is 0 Å². The van der Waals surface area contributed by atoms with E-state index < -0.39 is 12.5 Å². The van der Waals surface area contributed by atoms with E-state index in [-0.39, 0.29) is 17.2 Å². The fourth-order valence-electron chi connectivity index (χ4n) is 1.40. The largest absolute Gasteiger partial charge is 0.573 e. The topological polar surface area (TPSA) is 60.5 Å². The first-order valence-electron chi connectivity index (χ1n) is 5.67. The quantitative estimate of drug-likeness (QED) is 0.940. The molecule has 21 heavy (non-hydrogen) atoms. The third kappa shape index (κ3) is 5.01. The lowest BCUT2D eigenvalue weighted by molar-refractivity contribution is -0.274. The molecular weight excluding hydrogens is 289 g/mol. The number of rotatable bonds is 3. The van der Waals surface area contributed by atoms with Crippen molar-refractivity contribution >= 4 is 11.8 Å². The summed E-state index contributed by atoms with van der Waals surface area (Å²) in [6.45, 7) is 0. The molecule has 2 aromatic rings. The first-order valence-corrected chi connectivity index (χ1v) is 5.67. The van der Waals surface area contributed by atoms with Crippen LogP contribution in [0, 0.1) is 0 Å². The van der Waals surface area contributed by atoms with E-state index in [0.717, 1.165) is 12.1 Å². The van der Waals surface area contributed by atoms with Gasteiger partial charge in [0.2, 0.25) is 0 Å². The normalized spacial score (nSPS) is 10.8. The summed E-state index contributed by atoms with van der Waals surface area (Å²) in [7, 11) is 0. The number of benzene rings is 1. The van der Waals surface area contributed by atoms with Crippen molar-refractivity contribution in [2.75, 3.05) is 5.32 Å². The number of carbonyl (C=O) groups excluding carboxylic acids is 1. The van der Waals surface area contributed by atoms with E-state index in [9.17, 15) is 18.0 Å². The third-order valence-corrected chi connectivity index (χ3v) is 2.18. The molecule has 2 rings (SSSR count). The zero-order valence-corrected chi connectivity index (χ0v) is 10.4. The van der Waals surface area contributed by atoms with Gasteiger partial charge in [0.05, 0.1) is 6.20 Å². The maximum Gasteiger partial charge on any atom is 0.573 e. The number of hydrogen-bond donors (Lipinski definition) is 1. The number of anilines is 1. The Labute approximate surface area is 117 Å². The van der Waals surface area contributed by atoms with Crippen molar-refractivity contribution in [3.05, 3.63) is 48.8 Å². The number of nitrogens with one attached hydrogen (secondary N) is 1. The molecular formula is C13H9F3N2O3. The van der Waals surface area contributed by atoms with Crippen LogP contribution < -0.4 is 14.8 Å². The molecule has 0 spiro atoms. The lowest BCUT2D eigenvalue weighted by atomic mass is 10.3. The maximum atomic E-state index is 12.0. The van der Waals surface area contributed by atoms with Crippen LogP contribution in [-0.4, -0.2) is 17.4 Å². The number of nitrogens with zero attached hydrogens (tertiary/aromatic N) is 1. The number of halogens is 3. The first-order chi connectivity index (χ1) is 9.92. The van der Waals surface area contributed by atoms with Crippen LogP contribution in [0.1, 0.15) is 0 Å². The molecule has 1 aromatic heterocycles. The smallest absolute Gasteiger partial charge is 0.408 e. The molecule has 1 N–H and O–H groups in total. The molecule has 110 valence electrons. The lowest BCUT2D eigenvalue weighted by Crippen LogP contribution is -2.18. The maximum absolute atomic E-state index is 12.0. The summed E-state index contributed by atoms with van der Waals surface area (Å²) in [5, 5.41) is 2.35. The summed E-state index contributed by atoms with van der Waals surface area (Å²) in [6.07, 6.45) is -2.68. The van der Waals surface area contributed by atoms with E-state index in [0.29, 0.717) is 0 Å². The molecule has 1 amide bonds. The second-order valence-electron chi connectivity index (χ2n) is 3.78. The molecule has 0 bridgehead atoms. The molecule has 0 radical (unpaired) electrons. The minimum Gasteiger partial charge on any atom is -0.408 e. The Morgan fingerprint density at radius 2 is 1.81 bits per heavy atom. The van der Waals surface area contributed by atoms with Gasteiger partial charge in [-0.25, -0.2) is 4.79 Å². The fourth-order valence-corrected chi connectivity index (χ4v) is 1.40. The number of pyridine rings is 1. The number of ether oxygens (including phenoxy) is 2. The molecule has 0 aliphatic heterocycles. The summed E-state index contributed by atoms with van der Waals surface area (Å²) < 4.78 is 44.5.